The first-order chi connectivity index (χ1) is 8.06. The molecule has 1 aromatic rings. The molecule has 17 heavy (non-hydrogen) atoms. The second kappa shape index (κ2) is 5.56. The van der Waals surface area contributed by atoms with Crippen molar-refractivity contribution in [1.82, 2.24) is 5.32 Å². The third-order valence-corrected chi connectivity index (χ3v) is 2.16. The van der Waals surface area contributed by atoms with Crippen molar-refractivity contribution in [3.05, 3.63) is 29.3 Å². The predicted octanol–water partition coefficient (Wildman–Crippen LogP) is 1.45. The number of hydrogen-bond acceptors (Lipinski definition) is 2. The van der Waals surface area contributed by atoms with Crippen molar-refractivity contribution in [2.24, 2.45) is 0 Å². The third kappa shape index (κ3) is 3.24. The van der Waals surface area contributed by atoms with E-state index >= 15 is 0 Å². The van der Waals surface area contributed by atoms with Gasteiger partial charge in [-0.2, -0.15) is 0 Å². The van der Waals surface area contributed by atoms with E-state index in [1.165, 1.54) is 6.07 Å². The maximum atomic E-state index is 11.3. The van der Waals surface area contributed by atoms with E-state index in [0.29, 0.717) is 11.3 Å². The average Bonchev–Trinajstić information content (AvgIpc) is 2.28. The fourth-order valence-corrected chi connectivity index (χ4v) is 1.30. The molecule has 0 heterocycles. The van der Waals surface area contributed by atoms with Crippen molar-refractivity contribution in [1.29, 1.82) is 0 Å². The summed E-state index contributed by atoms with van der Waals surface area (Å²) in [5, 5.41) is 13.9. The zero-order valence-electron chi connectivity index (χ0n) is 9.28. The Kier molecular flexibility index (Phi) is 4.12. The molecule has 88 valence electrons. The van der Waals surface area contributed by atoms with E-state index in [1.54, 1.807) is 19.1 Å². The Morgan fingerprint density at radius 3 is 2.76 bits per heavy atom. The molecule has 0 aliphatic carbocycles. The Balaban J connectivity index is 2.86. The minimum absolute atomic E-state index is 0.115. The molecule has 0 aromatic heterocycles. The van der Waals surface area contributed by atoms with Gasteiger partial charge in [-0.15, -0.1) is 6.42 Å². The van der Waals surface area contributed by atoms with Crippen LogP contribution < -0.4 is 10.6 Å². The number of carbonyl (C=O) groups excluding carboxylic acids is 1. The van der Waals surface area contributed by atoms with Crippen LogP contribution in [0.5, 0.6) is 0 Å². The first kappa shape index (κ1) is 12.6. The van der Waals surface area contributed by atoms with Gasteiger partial charge in [0.15, 0.2) is 0 Å². The summed E-state index contributed by atoms with van der Waals surface area (Å²) in [5.74, 6) is 1.23. The van der Waals surface area contributed by atoms with Crippen LogP contribution in [0.1, 0.15) is 15.9 Å². The second-order valence-corrected chi connectivity index (χ2v) is 3.30. The van der Waals surface area contributed by atoms with Gasteiger partial charge in [0.2, 0.25) is 0 Å². The third-order valence-electron chi connectivity index (χ3n) is 2.16. The number of aromatic carboxylic acids is 1. The van der Waals surface area contributed by atoms with Crippen LogP contribution in [0.4, 0.5) is 10.5 Å². The normalized spacial score (nSPS) is 9.18. The largest absolute Gasteiger partial charge is 0.478 e. The second-order valence-electron chi connectivity index (χ2n) is 3.30. The number of urea groups is 1. The number of benzene rings is 1. The van der Waals surface area contributed by atoms with E-state index in [-0.39, 0.29) is 12.1 Å². The molecule has 5 heteroatoms. The van der Waals surface area contributed by atoms with Crippen LogP contribution in [0, 0.1) is 19.3 Å². The molecule has 1 rings (SSSR count). The van der Waals surface area contributed by atoms with Crippen LogP contribution in [0.3, 0.4) is 0 Å². The van der Waals surface area contributed by atoms with E-state index in [2.05, 4.69) is 16.6 Å². The number of terminal acetylenes is 1. The van der Waals surface area contributed by atoms with Crippen LogP contribution in [-0.2, 0) is 0 Å². The highest BCUT2D eigenvalue weighted by molar-refractivity contribution is 5.95. The Bertz CT molecular complexity index is 489. The Morgan fingerprint density at radius 2 is 2.18 bits per heavy atom. The monoisotopic (exact) mass is 232 g/mol. The quantitative estimate of drug-likeness (QED) is 0.690. The van der Waals surface area contributed by atoms with Crippen molar-refractivity contribution < 1.29 is 14.7 Å². The van der Waals surface area contributed by atoms with Crippen LogP contribution in [0.25, 0.3) is 0 Å². The van der Waals surface area contributed by atoms with Crippen LogP contribution >= 0.6 is 0 Å². The van der Waals surface area contributed by atoms with Gasteiger partial charge in [0.25, 0.3) is 0 Å². The first-order valence-electron chi connectivity index (χ1n) is 4.87. The number of carboxylic acid groups (broad SMARTS) is 1. The molecule has 0 aliphatic rings. The van der Waals surface area contributed by atoms with Gasteiger partial charge in [0.05, 0.1) is 12.1 Å². The Hall–Kier alpha value is -2.48. The van der Waals surface area contributed by atoms with Gasteiger partial charge in [-0.05, 0) is 24.6 Å². The summed E-state index contributed by atoms with van der Waals surface area (Å²) in [4.78, 5) is 22.2. The summed E-state index contributed by atoms with van der Waals surface area (Å²) in [5.41, 5.74) is 1.09. The molecule has 2 amide bonds. The van der Waals surface area contributed by atoms with E-state index in [1.807, 2.05) is 0 Å². The predicted molar refractivity (Wildman–Crippen MR) is 64.0 cm³/mol. The van der Waals surface area contributed by atoms with E-state index in [0.717, 1.165) is 0 Å². The van der Waals surface area contributed by atoms with Gasteiger partial charge in [-0.25, -0.2) is 9.59 Å². The van der Waals surface area contributed by atoms with Gasteiger partial charge in [-0.3, -0.25) is 0 Å². The standard InChI is InChI=1S/C12H12N2O3/c1-3-7-13-12(17)14-10-6-4-5-9(8(10)2)11(15)16/h1,4-6H,7H2,2H3,(H,15,16)(H2,13,14,17). The summed E-state index contributed by atoms with van der Waals surface area (Å²) in [7, 11) is 0. The molecule has 1 aromatic carbocycles. The number of amides is 2. The lowest BCUT2D eigenvalue weighted by Crippen LogP contribution is -2.29. The van der Waals surface area contributed by atoms with Gasteiger partial charge in [-0.1, -0.05) is 12.0 Å². The molecule has 0 saturated heterocycles. The molecule has 0 atom stereocenters. The number of anilines is 1. The highest BCUT2D eigenvalue weighted by Gasteiger charge is 2.11. The molecule has 0 saturated carbocycles. The lowest BCUT2D eigenvalue weighted by Gasteiger charge is -2.10. The minimum atomic E-state index is -1.03. The van der Waals surface area contributed by atoms with Crippen LogP contribution in [-0.4, -0.2) is 23.7 Å². The van der Waals surface area contributed by atoms with Crippen molar-refractivity contribution in [3.63, 3.8) is 0 Å². The van der Waals surface area contributed by atoms with Gasteiger partial charge < -0.3 is 15.7 Å². The molecule has 0 radical (unpaired) electrons. The number of nitrogens with one attached hydrogen (secondary N) is 2. The van der Waals surface area contributed by atoms with Crippen molar-refractivity contribution >= 4 is 17.7 Å². The highest BCUT2D eigenvalue weighted by Crippen LogP contribution is 2.18. The summed E-state index contributed by atoms with van der Waals surface area (Å²) >= 11 is 0. The van der Waals surface area contributed by atoms with Crippen molar-refractivity contribution in [2.75, 3.05) is 11.9 Å². The van der Waals surface area contributed by atoms with Crippen LogP contribution in [0.15, 0.2) is 18.2 Å². The summed E-state index contributed by atoms with van der Waals surface area (Å²) in [6.07, 6.45) is 4.99. The number of carboxylic acids is 1. The SMILES string of the molecule is C#CCNC(=O)Nc1cccc(C(=O)O)c1C. The Morgan fingerprint density at radius 1 is 1.47 bits per heavy atom. The van der Waals surface area contributed by atoms with Gasteiger partial charge in [0, 0.05) is 5.69 Å². The van der Waals surface area contributed by atoms with Crippen molar-refractivity contribution in [2.45, 2.75) is 6.92 Å². The lowest BCUT2D eigenvalue weighted by molar-refractivity contribution is 0.0696. The summed E-state index contributed by atoms with van der Waals surface area (Å²) in [6.45, 7) is 1.74. The number of hydrogen-bond donors (Lipinski definition) is 3. The molecule has 0 bridgehead atoms. The van der Waals surface area contributed by atoms with Crippen molar-refractivity contribution in [3.8, 4) is 12.3 Å². The zero-order valence-corrected chi connectivity index (χ0v) is 9.28. The minimum Gasteiger partial charge on any atom is -0.478 e. The molecule has 5 nitrogen and oxygen atoms in total. The maximum absolute atomic E-state index is 11.3. The fraction of sp³-hybridized carbons (Fsp3) is 0.167. The number of rotatable bonds is 3. The molecule has 0 unspecified atom stereocenters. The van der Waals surface area contributed by atoms with Gasteiger partial charge in [0.1, 0.15) is 0 Å². The molecule has 0 aliphatic heterocycles. The molecule has 0 spiro atoms. The van der Waals surface area contributed by atoms with E-state index < -0.39 is 12.0 Å². The molecule has 3 N–H and O–H groups in total. The topological polar surface area (TPSA) is 78.4 Å². The Labute approximate surface area is 98.8 Å². The maximum Gasteiger partial charge on any atom is 0.336 e. The van der Waals surface area contributed by atoms with E-state index in [9.17, 15) is 9.59 Å². The summed E-state index contributed by atoms with van der Waals surface area (Å²) < 4.78 is 0. The lowest BCUT2D eigenvalue weighted by atomic mass is 10.1. The summed E-state index contributed by atoms with van der Waals surface area (Å²) in [6, 6.07) is 4.20. The molecule has 0 fully saturated rings. The van der Waals surface area contributed by atoms with Crippen LogP contribution in [0.2, 0.25) is 0 Å². The zero-order chi connectivity index (χ0) is 12.8. The molecular formula is C12H12N2O3. The fourth-order valence-electron chi connectivity index (χ4n) is 1.30. The van der Waals surface area contributed by atoms with E-state index in [4.69, 9.17) is 11.5 Å². The highest BCUT2D eigenvalue weighted by atomic mass is 16.4. The molecular weight excluding hydrogens is 220 g/mol. The smallest absolute Gasteiger partial charge is 0.336 e. The first-order valence-corrected chi connectivity index (χ1v) is 4.87. The average molecular weight is 232 g/mol. The number of carbonyl (C=O) groups is 2. The van der Waals surface area contributed by atoms with Gasteiger partial charge >= 0.3 is 12.0 Å².